The van der Waals surface area contributed by atoms with Crippen molar-refractivity contribution < 1.29 is 38.9 Å². The van der Waals surface area contributed by atoms with E-state index >= 15 is 0 Å². The van der Waals surface area contributed by atoms with E-state index in [-0.39, 0.29) is 0 Å². The Bertz CT molecular complexity index is 476. The Morgan fingerprint density at radius 3 is 1.00 bits per heavy atom. The third kappa shape index (κ3) is 11.1. The zero-order chi connectivity index (χ0) is 25.3. The first-order valence-corrected chi connectivity index (χ1v) is 25.5. The van der Waals surface area contributed by atoms with Gasteiger partial charge in [0.05, 0.1) is 0 Å². The first-order chi connectivity index (χ1) is 14.6. The standard InChI is InChI=1S/C17H47O9Si6/c1-18-31(19-2,20-3)16-14-28(9,10)25-30(13,24-27(7)8)26-29(11,12)15-17-32(21-4,22-5)23-6/h14-17H2,1-13H3. The monoisotopic (exact) mass is 563 g/mol. The van der Waals surface area contributed by atoms with Gasteiger partial charge in [-0.05, 0) is 51.4 Å². The Labute approximate surface area is 203 Å². The largest absolute Gasteiger partial charge is 0.499 e. The summed E-state index contributed by atoms with van der Waals surface area (Å²) in [4.78, 5) is 0. The molecule has 32 heavy (non-hydrogen) atoms. The Balaban J connectivity index is 5.45. The van der Waals surface area contributed by atoms with Gasteiger partial charge >= 0.3 is 26.4 Å². The van der Waals surface area contributed by atoms with Gasteiger partial charge in [-0.25, -0.2) is 0 Å². The zero-order valence-electron chi connectivity index (χ0n) is 22.5. The summed E-state index contributed by atoms with van der Waals surface area (Å²) < 4.78 is 53.5. The third-order valence-electron chi connectivity index (χ3n) is 5.25. The van der Waals surface area contributed by atoms with Crippen LogP contribution in [0.3, 0.4) is 0 Å². The topological polar surface area (TPSA) is 83.1 Å². The van der Waals surface area contributed by atoms with Gasteiger partial charge in [-0.3, -0.25) is 0 Å². The molecule has 0 aromatic heterocycles. The maximum absolute atomic E-state index is 6.78. The van der Waals surface area contributed by atoms with Gasteiger partial charge in [-0.2, -0.15) is 0 Å². The van der Waals surface area contributed by atoms with Gasteiger partial charge in [0.2, 0.25) is 0 Å². The van der Waals surface area contributed by atoms with E-state index in [4.69, 9.17) is 38.9 Å². The molecular formula is C17H47O9Si6. The van der Waals surface area contributed by atoms with Crippen LogP contribution < -0.4 is 0 Å². The molecule has 0 unspecified atom stereocenters. The van der Waals surface area contributed by atoms with Crippen molar-refractivity contribution in [2.75, 3.05) is 42.7 Å². The van der Waals surface area contributed by atoms with Crippen molar-refractivity contribution in [3.05, 3.63) is 0 Å². The fourth-order valence-electron chi connectivity index (χ4n) is 3.56. The van der Waals surface area contributed by atoms with Crippen molar-refractivity contribution in [1.29, 1.82) is 0 Å². The maximum atomic E-state index is 6.78. The van der Waals surface area contributed by atoms with Crippen LogP contribution in [0.4, 0.5) is 0 Å². The minimum Gasteiger partial charge on any atom is -0.417 e. The fraction of sp³-hybridized carbons (Fsp3) is 1.00. The van der Waals surface area contributed by atoms with Crippen LogP contribution in [-0.2, 0) is 38.9 Å². The van der Waals surface area contributed by atoms with E-state index in [2.05, 4.69) is 39.3 Å². The molecule has 0 atom stereocenters. The van der Waals surface area contributed by atoms with Crippen molar-refractivity contribution in [3.8, 4) is 0 Å². The van der Waals surface area contributed by atoms with Crippen molar-refractivity contribution >= 4 is 52.1 Å². The second kappa shape index (κ2) is 13.9. The van der Waals surface area contributed by atoms with E-state index in [0.717, 1.165) is 12.1 Å². The molecule has 0 aromatic rings. The quantitative estimate of drug-likeness (QED) is 0.230. The molecule has 0 fully saturated rings. The molecule has 0 aromatic carbocycles. The molecule has 0 heterocycles. The Morgan fingerprint density at radius 1 is 0.500 bits per heavy atom. The van der Waals surface area contributed by atoms with E-state index in [9.17, 15) is 0 Å². The van der Waals surface area contributed by atoms with Gasteiger partial charge in [0.1, 0.15) is 0 Å². The highest BCUT2D eigenvalue weighted by molar-refractivity contribution is 6.88. The number of hydrogen-bond donors (Lipinski definition) is 0. The number of rotatable bonds is 18. The van der Waals surface area contributed by atoms with Crippen LogP contribution in [0.25, 0.3) is 0 Å². The van der Waals surface area contributed by atoms with Gasteiger partial charge in [-0.1, -0.05) is 0 Å². The van der Waals surface area contributed by atoms with Crippen molar-refractivity contribution in [2.24, 2.45) is 0 Å². The highest BCUT2D eigenvalue weighted by atomic mass is 28.5. The lowest BCUT2D eigenvalue weighted by Crippen LogP contribution is -2.58. The van der Waals surface area contributed by atoms with Crippen LogP contribution in [0.5, 0.6) is 0 Å². The van der Waals surface area contributed by atoms with E-state index in [1.54, 1.807) is 42.7 Å². The molecule has 0 saturated heterocycles. The molecule has 0 amide bonds. The van der Waals surface area contributed by atoms with Crippen LogP contribution in [0.2, 0.25) is 70.0 Å². The normalized spacial score (nSPS) is 14.4. The molecular weight excluding hydrogens is 517 g/mol. The second-order valence-corrected chi connectivity index (χ2v) is 29.4. The Kier molecular flexibility index (Phi) is 14.3. The average molecular weight is 564 g/mol. The van der Waals surface area contributed by atoms with Gasteiger partial charge < -0.3 is 38.9 Å². The van der Waals surface area contributed by atoms with Crippen LogP contribution in [0, 0.1) is 0 Å². The molecule has 0 spiro atoms. The molecule has 193 valence electrons. The first-order valence-electron chi connectivity index (χ1n) is 10.8. The highest BCUT2D eigenvalue weighted by Gasteiger charge is 2.49. The molecule has 0 aliphatic rings. The van der Waals surface area contributed by atoms with Crippen molar-refractivity contribution in [3.63, 3.8) is 0 Å². The van der Waals surface area contributed by atoms with Crippen LogP contribution in [0.15, 0.2) is 0 Å². The molecule has 0 rings (SSSR count). The predicted octanol–water partition coefficient (Wildman–Crippen LogP) is 4.02. The van der Waals surface area contributed by atoms with E-state index in [1.807, 2.05) is 6.55 Å². The average Bonchev–Trinajstić information content (AvgIpc) is 2.69. The lowest BCUT2D eigenvalue weighted by atomic mass is 10.9. The van der Waals surface area contributed by atoms with Crippen molar-refractivity contribution in [1.82, 2.24) is 0 Å². The maximum Gasteiger partial charge on any atom is 0.499 e. The minimum absolute atomic E-state index is 0.695. The van der Waals surface area contributed by atoms with Crippen LogP contribution in [-0.4, -0.2) is 94.7 Å². The summed E-state index contributed by atoms with van der Waals surface area (Å²) in [5.74, 6) is 0. The summed E-state index contributed by atoms with van der Waals surface area (Å²) in [7, 11) is -3.72. The lowest BCUT2D eigenvalue weighted by molar-refractivity contribution is 0.124. The molecule has 0 N–H and O–H groups in total. The van der Waals surface area contributed by atoms with E-state index in [0.29, 0.717) is 12.1 Å². The van der Waals surface area contributed by atoms with E-state index in [1.165, 1.54) is 0 Å². The SMILES string of the molecule is CO[Si](CC[Si](C)(C)O[Si](C)(O[Si](C)C)O[Si](C)(C)CC[Si](OC)(OC)OC)(OC)OC. The molecule has 0 aliphatic carbocycles. The van der Waals surface area contributed by atoms with Gasteiger partial charge in [0.25, 0.3) is 0 Å². The predicted molar refractivity (Wildman–Crippen MR) is 140 cm³/mol. The summed E-state index contributed by atoms with van der Waals surface area (Å²) >= 11 is 0. The highest BCUT2D eigenvalue weighted by Crippen LogP contribution is 2.31. The van der Waals surface area contributed by atoms with E-state index < -0.39 is 52.1 Å². The summed E-state index contributed by atoms with van der Waals surface area (Å²) in [6.07, 6.45) is 0. The molecule has 1 radical (unpaired) electrons. The van der Waals surface area contributed by atoms with Crippen LogP contribution >= 0.6 is 0 Å². The zero-order valence-corrected chi connectivity index (χ0v) is 28.5. The molecule has 0 aliphatic heterocycles. The molecule has 9 nitrogen and oxygen atoms in total. The molecule has 15 heteroatoms. The summed E-state index contributed by atoms with van der Waals surface area (Å²) in [6.45, 7) is 15.0. The minimum atomic E-state index is -2.88. The van der Waals surface area contributed by atoms with Gasteiger partial charge in [-0.15, -0.1) is 0 Å². The second-order valence-electron chi connectivity index (χ2n) is 9.19. The van der Waals surface area contributed by atoms with Crippen molar-refractivity contribution in [2.45, 2.75) is 70.0 Å². The summed E-state index contributed by atoms with van der Waals surface area (Å²) in [5.41, 5.74) is 0. The molecule has 0 bridgehead atoms. The Hall–Kier alpha value is 0.941. The Morgan fingerprint density at radius 2 is 0.781 bits per heavy atom. The lowest BCUT2D eigenvalue weighted by Gasteiger charge is -2.41. The molecule has 0 saturated carbocycles. The third-order valence-corrected chi connectivity index (χ3v) is 25.1. The summed E-state index contributed by atoms with van der Waals surface area (Å²) in [6, 6.07) is 3.05. The van der Waals surface area contributed by atoms with Crippen LogP contribution in [0.1, 0.15) is 0 Å². The smallest absolute Gasteiger partial charge is 0.417 e. The fourth-order valence-corrected chi connectivity index (χ4v) is 26.5. The summed E-state index contributed by atoms with van der Waals surface area (Å²) in [5, 5.41) is 0. The number of hydrogen-bond acceptors (Lipinski definition) is 9. The first kappa shape index (κ1) is 32.9. The van der Waals surface area contributed by atoms with Gasteiger partial charge in [0.15, 0.2) is 25.7 Å². The van der Waals surface area contributed by atoms with Gasteiger partial charge in [0, 0.05) is 61.3 Å².